The molecule has 3 aromatic heterocycles. The molecule has 9 rings (SSSR count). The molecule has 4 aromatic carbocycles. The minimum absolute atomic E-state index is 0.0820. The van der Waals surface area contributed by atoms with E-state index in [9.17, 15) is 0 Å². The molecule has 2 aliphatic rings. The van der Waals surface area contributed by atoms with Gasteiger partial charge in [-0.2, -0.15) is 4.58 Å². The lowest BCUT2D eigenvalue weighted by atomic mass is 10.0. The van der Waals surface area contributed by atoms with Crippen molar-refractivity contribution in [2.45, 2.75) is 6.04 Å². The molecular weight excluding hydrogens is 478 g/mol. The average molecular weight is 501 g/mol. The second kappa shape index (κ2) is 7.65. The van der Waals surface area contributed by atoms with Crippen molar-refractivity contribution in [1.29, 1.82) is 0 Å². The van der Waals surface area contributed by atoms with E-state index in [0.717, 1.165) is 38.8 Å². The van der Waals surface area contributed by atoms with Crippen molar-refractivity contribution < 1.29 is 4.42 Å². The number of rotatable bonds is 2. The molecule has 1 aliphatic heterocycles. The summed E-state index contributed by atoms with van der Waals surface area (Å²) in [5, 5.41) is 4.77. The fraction of sp³-hybridized carbons (Fsp3) is 0.0286. The van der Waals surface area contributed by atoms with Gasteiger partial charge in [0.2, 0.25) is 17.1 Å². The standard InChI is InChI=1S/C35H22N3O/c1-4-13-33-25(8-1)28-19-32-27(20-34(28)39-33)26-9-5-12-31-35(26)38(32)30-11-3-2-10-29(30)37(31)24-16-14-22(15-17-24)23-7-6-18-36-21-23/h1-21,30H/q+1. The summed E-state index contributed by atoms with van der Waals surface area (Å²) >= 11 is 0. The second-order valence-electron chi connectivity index (χ2n) is 10.2. The van der Waals surface area contributed by atoms with Gasteiger partial charge in [-0.15, -0.1) is 0 Å². The first kappa shape index (κ1) is 20.8. The first-order valence-electron chi connectivity index (χ1n) is 13.3. The van der Waals surface area contributed by atoms with E-state index in [1.807, 2.05) is 30.6 Å². The Morgan fingerprint density at radius 1 is 0.718 bits per heavy atom. The Kier molecular flexibility index (Phi) is 4.08. The lowest BCUT2D eigenvalue weighted by Crippen LogP contribution is -2.30. The van der Waals surface area contributed by atoms with Crippen LogP contribution in [0.15, 0.2) is 132 Å². The molecule has 0 saturated heterocycles. The van der Waals surface area contributed by atoms with E-state index in [-0.39, 0.29) is 6.04 Å². The molecule has 0 radical (unpaired) electrons. The quantitative estimate of drug-likeness (QED) is 0.223. The molecule has 0 fully saturated rings. The largest absolute Gasteiger partial charge is 0.456 e. The summed E-state index contributed by atoms with van der Waals surface area (Å²) < 4.78 is 11.2. The van der Waals surface area contributed by atoms with E-state index in [4.69, 9.17) is 4.42 Å². The molecule has 7 aromatic rings. The van der Waals surface area contributed by atoms with Gasteiger partial charge in [-0.05, 0) is 47.5 Å². The molecule has 182 valence electrons. The van der Waals surface area contributed by atoms with Gasteiger partial charge in [-0.25, -0.2) is 0 Å². The van der Waals surface area contributed by atoms with Crippen LogP contribution in [-0.4, -0.2) is 15.3 Å². The SMILES string of the molecule is C1=CC2=[N+](c3ccc(-c4cccnc4)cc3)c3cccc4c5cc6oc7ccccc7c6cc5n(c34)C2C=C1. The highest BCUT2D eigenvalue weighted by molar-refractivity contribution is 6.21. The van der Waals surface area contributed by atoms with Crippen LogP contribution in [0.25, 0.3) is 54.9 Å². The number of hydrogen-bond acceptors (Lipinski definition) is 2. The van der Waals surface area contributed by atoms with Crippen molar-refractivity contribution in [3.05, 3.63) is 128 Å². The van der Waals surface area contributed by atoms with E-state index < -0.39 is 0 Å². The van der Waals surface area contributed by atoms with Gasteiger partial charge in [-0.3, -0.25) is 4.98 Å². The molecule has 0 saturated carbocycles. The number of benzene rings is 4. The summed E-state index contributed by atoms with van der Waals surface area (Å²) in [7, 11) is 0. The number of hydrogen-bond donors (Lipinski definition) is 0. The summed E-state index contributed by atoms with van der Waals surface area (Å²) in [5.41, 5.74) is 10.2. The normalized spacial score (nSPS) is 16.2. The maximum absolute atomic E-state index is 6.29. The Balaban J connectivity index is 1.33. The van der Waals surface area contributed by atoms with Crippen molar-refractivity contribution in [2.75, 3.05) is 0 Å². The fourth-order valence-corrected chi connectivity index (χ4v) is 6.48. The highest BCUT2D eigenvalue weighted by Crippen LogP contribution is 2.45. The fourth-order valence-electron chi connectivity index (χ4n) is 6.48. The van der Waals surface area contributed by atoms with Gasteiger partial charge in [0.05, 0.1) is 5.52 Å². The van der Waals surface area contributed by atoms with E-state index in [2.05, 4.69) is 111 Å². The van der Waals surface area contributed by atoms with Crippen LogP contribution < -0.4 is 4.58 Å². The van der Waals surface area contributed by atoms with Gasteiger partial charge in [0.25, 0.3) is 0 Å². The van der Waals surface area contributed by atoms with Crippen LogP contribution in [0.2, 0.25) is 0 Å². The zero-order valence-electron chi connectivity index (χ0n) is 21.0. The van der Waals surface area contributed by atoms with Crippen LogP contribution >= 0.6 is 0 Å². The van der Waals surface area contributed by atoms with Crippen molar-refractivity contribution >= 4 is 60.8 Å². The van der Waals surface area contributed by atoms with Gasteiger partial charge in [-0.1, -0.05) is 54.6 Å². The summed E-state index contributed by atoms with van der Waals surface area (Å²) in [6, 6.07) is 32.5. The number of nitrogens with zero attached hydrogens (tertiary/aromatic N) is 3. The lowest BCUT2D eigenvalue weighted by molar-refractivity contribution is 0.669. The van der Waals surface area contributed by atoms with Gasteiger partial charge < -0.3 is 8.98 Å². The maximum Gasteiger partial charge on any atom is 0.235 e. The second-order valence-corrected chi connectivity index (χ2v) is 10.2. The Bertz CT molecular complexity index is 2210. The first-order valence-corrected chi connectivity index (χ1v) is 13.3. The van der Waals surface area contributed by atoms with Crippen LogP contribution in [0, 0.1) is 0 Å². The van der Waals surface area contributed by atoms with Crippen molar-refractivity contribution in [3.63, 3.8) is 0 Å². The minimum atomic E-state index is 0.0820. The van der Waals surface area contributed by atoms with E-state index in [1.165, 1.54) is 33.2 Å². The van der Waals surface area contributed by atoms with Gasteiger partial charge in [0, 0.05) is 58.2 Å². The summed E-state index contributed by atoms with van der Waals surface area (Å²) in [6.45, 7) is 0. The molecule has 1 atom stereocenters. The summed E-state index contributed by atoms with van der Waals surface area (Å²) in [5.74, 6) is 0. The molecule has 4 nitrogen and oxygen atoms in total. The third kappa shape index (κ3) is 2.83. The van der Waals surface area contributed by atoms with Crippen molar-refractivity contribution in [1.82, 2.24) is 14.1 Å². The van der Waals surface area contributed by atoms with Gasteiger partial charge in [0.1, 0.15) is 22.7 Å². The Morgan fingerprint density at radius 3 is 2.51 bits per heavy atom. The number of allylic oxidation sites excluding steroid dienone is 4. The molecule has 4 heteroatoms. The predicted octanol–water partition coefficient (Wildman–Crippen LogP) is 8.71. The monoisotopic (exact) mass is 500 g/mol. The maximum atomic E-state index is 6.29. The predicted molar refractivity (Wildman–Crippen MR) is 160 cm³/mol. The van der Waals surface area contributed by atoms with E-state index in [1.54, 1.807) is 0 Å². The molecule has 0 bridgehead atoms. The topological polar surface area (TPSA) is 34.0 Å². The number of pyridine rings is 1. The lowest BCUT2D eigenvalue weighted by Gasteiger charge is -2.24. The smallest absolute Gasteiger partial charge is 0.235 e. The molecule has 39 heavy (non-hydrogen) atoms. The third-order valence-electron chi connectivity index (χ3n) is 8.17. The van der Waals surface area contributed by atoms with E-state index in [0.29, 0.717) is 0 Å². The molecule has 0 amide bonds. The molecular formula is C35H22N3O+. The molecule has 4 heterocycles. The minimum Gasteiger partial charge on any atom is -0.456 e. The molecule has 1 aliphatic carbocycles. The zero-order chi connectivity index (χ0) is 25.5. The van der Waals surface area contributed by atoms with Crippen LogP contribution in [0.1, 0.15) is 6.04 Å². The van der Waals surface area contributed by atoms with Gasteiger partial charge >= 0.3 is 0 Å². The molecule has 0 N–H and O–H groups in total. The summed E-state index contributed by atoms with van der Waals surface area (Å²) in [4.78, 5) is 4.29. The molecule has 1 unspecified atom stereocenters. The molecule has 0 spiro atoms. The Hall–Kier alpha value is -5.22. The van der Waals surface area contributed by atoms with Crippen LogP contribution in [-0.2, 0) is 0 Å². The van der Waals surface area contributed by atoms with E-state index >= 15 is 0 Å². The van der Waals surface area contributed by atoms with Crippen LogP contribution in [0.5, 0.6) is 0 Å². The zero-order valence-corrected chi connectivity index (χ0v) is 21.0. The highest BCUT2D eigenvalue weighted by Gasteiger charge is 2.37. The Morgan fingerprint density at radius 2 is 1.62 bits per heavy atom. The number of para-hydroxylation sites is 2. The Labute approximate surface area is 224 Å². The number of furan rings is 1. The van der Waals surface area contributed by atoms with Crippen LogP contribution in [0.4, 0.5) is 11.4 Å². The van der Waals surface area contributed by atoms with Gasteiger partial charge in [0.15, 0.2) is 0 Å². The number of fused-ring (bicyclic) bond motifs is 8. The first-order chi connectivity index (χ1) is 19.3. The van der Waals surface area contributed by atoms with Crippen LogP contribution in [0.3, 0.4) is 0 Å². The van der Waals surface area contributed by atoms with Crippen molar-refractivity contribution in [3.8, 4) is 11.1 Å². The van der Waals surface area contributed by atoms with Crippen molar-refractivity contribution in [2.24, 2.45) is 0 Å². The highest BCUT2D eigenvalue weighted by atomic mass is 16.3. The third-order valence-corrected chi connectivity index (χ3v) is 8.17. The number of aromatic nitrogens is 2. The summed E-state index contributed by atoms with van der Waals surface area (Å²) in [6.07, 6.45) is 12.6. The average Bonchev–Trinajstić information content (AvgIpc) is 3.53.